The predicted molar refractivity (Wildman–Crippen MR) is 94.6 cm³/mol. The van der Waals surface area contributed by atoms with Crippen LogP contribution in [0.15, 0.2) is 23.5 Å². The van der Waals surface area contributed by atoms with Crippen LogP contribution in [0.25, 0.3) is 11.3 Å². The third-order valence-electron chi connectivity index (χ3n) is 4.09. The molecule has 0 aromatic carbocycles. The lowest BCUT2D eigenvalue weighted by Gasteiger charge is -2.24. The van der Waals surface area contributed by atoms with Crippen LogP contribution in [0, 0.1) is 22.7 Å². The lowest BCUT2D eigenvalue weighted by atomic mass is 9.91. The first-order valence-corrected chi connectivity index (χ1v) is 8.99. The smallest absolute Gasteiger partial charge is 0.170 e. The zero-order chi connectivity index (χ0) is 17.5. The first-order chi connectivity index (χ1) is 11.3. The van der Waals surface area contributed by atoms with E-state index < -0.39 is 0 Å². The summed E-state index contributed by atoms with van der Waals surface area (Å²) in [6.45, 7) is 9.23. The van der Waals surface area contributed by atoms with Crippen LogP contribution in [0.5, 0.6) is 0 Å². The summed E-state index contributed by atoms with van der Waals surface area (Å²) in [5.41, 5.74) is 2.88. The van der Waals surface area contributed by atoms with E-state index in [4.69, 9.17) is 5.41 Å². The third kappa shape index (κ3) is 2.96. The number of rotatable bonds is 1. The van der Waals surface area contributed by atoms with Crippen LogP contribution in [-0.2, 0) is 12.0 Å². The highest BCUT2D eigenvalue weighted by atomic mass is 32.2. The monoisotopic (exact) mass is 339 g/mol. The van der Waals surface area contributed by atoms with Crippen molar-refractivity contribution in [1.82, 2.24) is 14.5 Å². The van der Waals surface area contributed by atoms with Gasteiger partial charge in [-0.05, 0) is 18.1 Å². The van der Waals surface area contributed by atoms with E-state index in [0.717, 1.165) is 28.7 Å². The number of fused-ring (bicyclic) bond motifs is 1. The van der Waals surface area contributed by atoms with Crippen molar-refractivity contribution < 1.29 is 0 Å². The van der Waals surface area contributed by atoms with Crippen LogP contribution >= 0.6 is 11.8 Å². The van der Waals surface area contributed by atoms with Gasteiger partial charge in [-0.15, -0.1) is 0 Å². The number of aromatic nitrogens is 3. The van der Waals surface area contributed by atoms with Crippen molar-refractivity contribution >= 4 is 11.8 Å². The van der Waals surface area contributed by atoms with Crippen molar-refractivity contribution in [3.8, 4) is 17.3 Å². The Balaban J connectivity index is 2.14. The summed E-state index contributed by atoms with van der Waals surface area (Å²) >= 11 is 1.65. The first kappa shape index (κ1) is 16.7. The molecule has 0 fully saturated rings. The summed E-state index contributed by atoms with van der Waals surface area (Å²) in [5, 5.41) is 18.8. The van der Waals surface area contributed by atoms with Crippen molar-refractivity contribution in [2.24, 2.45) is 5.92 Å². The molecule has 124 valence electrons. The highest BCUT2D eigenvalue weighted by Gasteiger charge is 2.22. The molecule has 1 N–H and O–H groups in total. The molecule has 0 saturated heterocycles. The molecule has 0 amide bonds. The number of nitrogens with zero attached hydrogens (tertiary/aromatic N) is 4. The topological polar surface area (TPSA) is 78.3 Å². The minimum absolute atomic E-state index is 0.0255. The van der Waals surface area contributed by atoms with Gasteiger partial charge in [0.05, 0.1) is 5.69 Å². The second kappa shape index (κ2) is 6.06. The summed E-state index contributed by atoms with van der Waals surface area (Å²) in [4.78, 5) is 9.22. The molecule has 1 aliphatic heterocycles. The van der Waals surface area contributed by atoms with Gasteiger partial charge in [-0.2, -0.15) is 5.26 Å². The van der Waals surface area contributed by atoms with E-state index in [2.05, 4.69) is 43.7 Å². The number of pyridine rings is 1. The highest BCUT2D eigenvalue weighted by Crippen LogP contribution is 2.29. The van der Waals surface area contributed by atoms with E-state index >= 15 is 0 Å². The van der Waals surface area contributed by atoms with Crippen molar-refractivity contribution in [2.45, 2.75) is 44.8 Å². The van der Waals surface area contributed by atoms with E-state index in [0.29, 0.717) is 17.2 Å². The van der Waals surface area contributed by atoms with Crippen LogP contribution in [0.3, 0.4) is 0 Å². The van der Waals surface area contributed by atoms with E-state index in [1.165, 1.54) is 0 Å². The summed E-state index contributed by atoms with van der Waals surface area (Å²) < 4.78 is 1.85. The van der Waals surface area contributed by atoms with E-state index in [9.17, 15) is 5.26 Å². The maximum Gasteiger partial charge on any atom is 0.170 e. The van der Waals surface area contributed by atoms with Crippen LogP contribution in [0.1, 0.15) is 39.0 Å². The second-order valence-corrected chi connectivity index (χ2v) is 8.27. The van der Waals surface area contributed by atoms with Crippen LogP contribution in [0.4, 0.5) is 0 Å². The Labute approximate surface area is 146 Å². The predicted octanol–water partition coefficient (Wildman–Crippen LogP) is 3.34. The zero-order valence-corrected chi connectivity index (χ0v) is 15.2. The lowest BCUT2D eigenvalue weighted by Crippen LogP contribution is -2.32. The van der Waals surface area contributed by atoms with Crippen molar-refractivity contribution in [3.05, 3.63) is 35.1 Å². The van der Waals surface area contributed by atoms with E-state index in [1.54, 1.807) is 18.0 Å². The van der Waals surface area contributed by atoms with E-state index in [1.807, 2.05) is 16.7 Å². The Morgan fingerprint density at radius 3 is 2.71 bits per heavy atom. The van der Waals surface area contributed by atoms with Gasteiger partial charge in [0.1, 0.15) is 17.1 Å². The lowest BCUT2D eigenvalue weighted by molar-refractivity contribution is 0.452. The van der Waals surface area contributed by atoms with Gasteiger partial charge in [0.25, 0.3) is 0 Å². The highest BCUT2D eigenvalue weighted by molar-refractivity contribution is 7.99. The molecule has 1 aliphatic rings. The van der Waals surface area contributed by atoms with Crippen molar-refractivity contribution in [3.63, 3.8) is 0 Å². The maximum atomic E-state index is 9.56. The van der Waals surface area contributed by atoms with Crippen LogP contribution in [0.2, 0.25) is 0 Å². The van der Waals surface area contributed by atoms with Gasteiger partial charge < -0.3 is 4.57 Å². The maximum absolute atomic E-state index is 9.56. The quantitative estimate of drug-likeness (QED) is 0.808. The Bertz CT molecular complexity index is 868. The fourth-order valence-corrected chi connectivity index (χ4v) is 3.72. The van der Waals surface area contributed by atoms with Crippen molar-refractivity contribution in [1.29, 1.82) is 10.7 Å². The summed E-state index contributed by atoms with van der Waals surface area (Å²) in [6, 6.07) is 6.09. The van der Waals surface area contributed by atoms with Gasteiger partial charge >= 0.3 is 0 Å². The average Bonchev–Trinajstić information content (AvgIpc) is 2.54. The Morgan fingerprint density at radius 2 is 2.12 bits per heavy atom. The van der Waals surface area contributed by atoms with Gasteiger partial charge in [0, 0.05) is 35.2 Å². The van der Waals surface area contributed by atoms with Gasteiger partial charge in [-0.3, -0.25) is 10.4 Å². The minimum atomic E-state index is -0.0255. The summed E-state index contributed by atoms with van der Waals surface area (Å²) in [6.07, 6.45) is 1.76. The zero-order valence-electron chi connectivity index (χ0n) is 14.4. The molecular formula is C18H21N5S. The van der Waals surface area contributed by atoms with Crippen LogP contribution < -0.4 is 5.49 Å². The second-order valence-electron chi connectivity index (χ2n) is 7.29. The molecule has 3 heterocycles. The first-order valence-electron chi connectivity index (χ1n) is 8.00. The van der Waals surface area contributed by atoms with E-state index in [-0.39, 0.29) is 10.9 Å². The molecule has 2 aromatic rings. The van der Waals surface area contributed by atoms with Gasteiger partial charge in [0.2, 0.25) is 0 Å². The molecule has 0 aliphatic carbocycles. The molecule has 6 heteroatoms. The minimum Gasteiger partial charge on any atom is -0.304 e. The Kier molecular flexibility index (Phi) is 4.22. The molecule has 2 aromatic heterocycles. The summed E-state index contributed by atoms with van der Waals surface area (Å²) in [7, 11) is 0. The van der Waals surface area contributed by atoms with Gasteiger partial charge in [-0.1, -0.05) is 39.5 Å². The van der Waals surface area contributed by atoms with Crippen LogP contribution in [-0.4, -0.2) is 20.3 Å². The molecule has 0 radical (unpaired) electrons. The normalized spacial score (nSPS) is 17.2. The molecular weight excluding hydrogens is 318 g/mol. The largest absolute Gasteiger partial charge is 0.304 e. The molecule has 24 heavy (non-hydrogen) atoms. The fraction of sp³-hybridized carbons (Fsp3) is 0.444. The number of hydrogen-bond donors (Lipinski definition) is 1. The molecule has 1 atom stereocenters. The van der Waals surface area contributed by atoms with Gasteiger partial charge in [0.15, 0.2) is 5.16 Å². The number of hydrogen-bond acceptors (Lipinski definition) is 5. The van der Waals surface area contributed by atoms with Crippen molar-refractivity contribution in [2.75, 3.05) is 5.75 Å². The summed E-state index contributed by atoms with van der Waals surface area (Å²) in [5.74, 6) is 1.46. The Morgan fingerprint density at radius 1 is 1.38 bits per heavy atom. The molecule has 0 bridgehead atoms. The number of thioether (sulfide) groups is 1. The molecule has 0 spiro atoms. The fourth-order valence-electron chi connectivity index (χ4n) is 2.71. The van der Waals surface area contributed by atoms with Gasteiger partial charge in [-0.25, -0.2) is 4.98 Å². The molecule has 3 rings (SSSR count). The average molecular weight is 339 g/mol. The molecule has 5 nitrogen and oxygen atoms in total. The number of nitrogens with one attached hydrogen (secondary N) is 1. The molecule has 0 unspecified atom stereocenters. The SMILES string of the molecule is C[C@H]1CSc2nc(-c3ccc(C(C)(C)C)nc3)c(C#N)c(=N)n2C1. The molecule has 0 saturated carbocycles. The third-order valence-corrected chi connectivity index (χ3v) is 5.40. The Hall–Kier alpha value is -2.13. The number of nitriles is 1. The standard InChI is InChI=1S/C18H21N5S/c1-11-9-23-16(20)13(7-19)15(22-17(23)24-10-11)12-5-6-14(21-8-12)18(2,3)4/h5-6,8,11,20H,9-10H2,1-4H3/t11-/m1/s1.